The van der Waals surface area contributed by atoms with Gasteiger partial charge >= 0.3 is 0 Å². The third-order valence-corrected chi connectivity index (χ3v) is 2.53. The molecule has 0 saturated heterocycles. The van der Waals surface area contributed by atoms with Crippen molar-refractivity contribution >= 4 is 11.9 Å². The van der Waals surface area contributed by atoms with Crippen LogP contribution in [0, 0.1) is 0 Å². The molecule has 0 fully saturated rings. The predicted octanol–water partition coefficient (Wildman–Crippen LogP) is 2.59. The topological polar surface area (TPSA) is 61.6 Å². The number of ether oxygens (including phenoxy) is 2. The molecule has 0 unspecified atom stereocenters. The second-order valence-electron chi connectivity index (χ2n) is 3.68. The molecule has 2 rings (SSSR count). The Balaban J connectivity index is 2.23. The normalized spacial score (nSPS) is 10.6. The highest BCUT2D eigenvalue weighted by atomic mass is 16.5. The molecule has 0 spiro atoms. The van der Waals surface area contributed by atoms with Gasteiger partial charge in [0.05, 0.1) is 19.8 Å². The van der Waals surface area contributed by atoms with Gasteiger partial charge in [-0.05, 0) is 24.3 Å². The average molecular weight is 259 g/mol. The van der Waals surface area contributed by atoms with Gasteiger partial charge in [-0.15, -0.1) is 0 Å². The SMILES string of the molecule is COc1ccc(C(=O)C=Cc2cocn2)c(OC)c1. The van der Waals surface area contributed by atoms with Crippen LogP contribution in [0.25, 0.3) is 6.08 Å². The zero-order valence-electron chi connectivity index (χ0n) is 10.6. The van der Waals surface area contributed by atoms with Crippen molar-refractivity contribution in [3.8, 4) is 11.5 Å². The third kappa shape index (κ3) is 3.01. The smallest absolute Gasteiger partial charge is 0.189 e. The van der Waals surface area contributed by atoms with E-state index in [-0.39, 0.29) is 5.78 Å². The number of carbonyl (C=O) groups is 1. The quantitative estimate of drug-likeness (QED) is 0.610. The van der Waals surface area contributed by atoms with E-state index in [0.29, 0.717) is 22.8 Å². The van der Waals surface area contributed by atoms with Crippen molar-refractivity contribution in [3.63, 3.8) is 0 Å². The zero-order valence-corrected chi connectivity index (χ0v) is 10.6. The van der Waals surface area contributed by atoms with Crippen LogP contribution in [0.5, 0.6) is 11.5 Å². The Bertz CT molecular complexity index is 587. The summed E-state index contributed by atoms with van der Waals surface area (Å²) in [7, 11) is 3.06. The van der Waals surface area contributed by atoms with Crippen molar-refractivity contribution in [1.82, 2.24) is 4.98 Å². The minimum absolute atomic E-state index is 0.178. The number of methoxy groups -OCH3 is 2. The molecule has 98 valence electrons. The van der Waals surface area contributed by atoms with Crippen molar-refractivity contribution in [1.29, 1.82) is 0 Å². The van der Waals surface area contributed by atoms with Crippen molar-refractivity contribution in [3.05, 3.63) is 48.2 Å². The maximum Gasteiger partial charge on any atom is 0.189 e. The first kappa shape index (κ1) is 12.9. The number of rotatable bonds is 5. The van der Waals surface area contributed by atoms with Gasteiger partial charge < -0.3 is 13.9 Å². The molecule has 1 aromatic carbocycles. The van der Waals surface area contributed by atoms with Crippen LogP contribution in [-0.4, -0.2) is 25.0 Å². The summed E-state index contributed by atoms with van der Waals surface area (Å²) >= 11 is 0. The van der Waals surface area contributed by atoms with Crippen molar-refractivity contribution < 1.29 is 18.7 Å². The molecule has 1 heterocycles. The third-order valence-electron chi connectivity index (χ3n) is 2.53. The van der Waals surface area contributed by atoms with Gasteiger partial charge in [0.25, 0.3) is 0 Å². The Kier molecular flexibility index (Phi) is 3.97. The van der Waals surface area contributed by atoms with Crippen LogP contribution < -0.4 is 9.47 Å². The molecule has 19 heavy (non-hydrogen) atoms. The van der Waals surface area contributed by atoms with E-state index in [1.165, 1.54) is 25.8 Å². The maximum atomic E-state index is 12.1. The van der Waals surface area contributed by atoms with Crippen LogP contribution in [0.2, 0.25) is 0 Å². The van der Waals surface area contributed by atoms with Crippen LogP contribution in [0.1, 0.15) is 16.1 Å². The Hall–Kier alpha value is -2.56. The molecule has 2 aromatic rings. The number of hydrogen-bond acceptors (Lipinski definition) is 5. The number of carbonyl (C=O) groups excluding carboxylic acids is 1. The molecule has 0 N–H and O–H groups in total. The summed E-state index contributed by atoms with van der Waals surface area (Å²) in [6.07, 6.45) is 5.75. The van der Waals surface area contributed by atoms with Gasteiger partial charge in [0.15, 0.2) is 12.2 Å². The number of ketones is 1. The van der Waals surface area contributed by atoms with Crippen molar-refractivity contribution in [2.45, 2.75) is 0 Å². The summed E-state index contributed by atoms with van der Waals surface area (Å²) in [5.74, 6) is 0.922. The van der Waals surface area contributed by atoms with E-state index in [1.54, 1.807) is 31.4 Å². The van der Waals surface area contributed by atoms with Crippen LogP contribution in [0.3, 0.4) is 0 Å². The van der Waals surface area contributed by atoms with Gasteiger partial charge in [0, 0.05) is 6.07 Å². The first-order chi connectivity index (χ1) is 9.24. The van der Waals surface area contributed by atoms with Crippen LogP contribution in [0.15, 0.2) is 41.3 Å². The van der Waals surface area contributed by atoms with E-state index in [2.05, 4.69) is 4.98 Å². The standard InChI is InChI=1S/C14H13NO4/c1-17-11-4-5-12(14(7-11)18-2)13(16)6-3-10-8-19-9-15-10/h3-9H,1-2H3. The fraction of sp³-hybridized carbons (Fsp3) is 0.143. The second-order valence-corrected chi connectivity index (χ2v) is 3.68. The number of nitrogens with zero attached hydrogens (tertiary/aromatic N) is 1. The molecule has 5 heteroatoms. The highest BCUT2D eigenvalue weighted by Crippen LogP contribution is 2.25. The zero-order chi connectivity index (χ0) is 13.7. The van der Waals surface area contributed by atoms with Gasteiger partial charge in [0.2, 0.25) is 0 Å². The van der Waals surface area contributed by atoms with Gasteiger partial charge in [-0.1, -0.05) is 0 Å². The number of hydrogen-bond donors (Lipinski definition) is 0. The van der Waals surface area contributed by atoms with Crippen molar-refractivity contribution in [2.75, 3.05) is 14.2 Å². The lowest BCUT2D eigenvalue weighted by Crippen LogP contribution is -1.99. The van der Waals surface area contributed by atoms with E-state index in [9.17, 15) is 4.79 Å². The first-order valence-corrected chi connectivity index (χ1v) is 5.57. The molecule has 5 nitrogen and oxygen atoms in total. The molecular weight excluding hydrogens is 246 g/mol. The highest BCUT2D eigenvalue weighted by Gasteiger charge is 2.10. The molecular formula is C14H13NO4. The minimum Gasteiger partial charge on any atom is -0.497 e. The summed E-state index contributed by atoms with van der Waals surface area (Å²) in [6, 6.07) is 5.03. The van der Waals surface area contributed by atoms with E-state index < -0.39 is 0 Å². The largest absolute Gasteiger partial charge is 0.497 e. The lowest BCUT2D eigenvalue weighted by Gasteiger charge is -2.07. The summed E-state index contributed by atoms with van der Waals surface area (Å²) < 4.78 is 15.1. The summed E-state index contributed by atoms with van der Waals surface area (Å²) in [6.45, 7) is 0. The number of benzene rings is 1. The molecule has 0 amide bonds. The van der Waals surface area contributed by atoms with E-state index in [4.69, 9.17) is 13.9 Å². The number of aromatic nitrogens is 1. The lowest BCUT2D eigenvalue weighted by molar-refractivity contribution is 0.104. The molecule has 0 saturated carbocycles. The molecule has 0 aliphatic carbocycles. The molecule has 0 radical (unpaired) electrons. The van der Waals surface area contributed by atoms with Gasteiger partial charge in [-0.2, -0.15) is 0 Å². The fourth-order valence-electron chi connectivity index (χ4n) is 1.56. The van der Waals surface area contributed by atoms with Crippen LogP contribution in [0.4, 0.5) is 0 Å². The number of allylic oxidation sites excluding steroid dienone is 1. The molecule has 0 aliphatic rings. The van der Waals surface area contributed by atoms with E-state index >= 15 is 0 Å². The second kappa shape index (κ2) is 5.86. The Morgan fingerprint density at radius 1 is 1.32 bits per heavy atom. The highest BCUT2D eigenvalue weighted by molar-refractivity contribution is 6.08. The van der Waals surface area contributed by atoms with Gasteiger partial charge in [-0.3, -0.25) is 4.79 Å². The number of oxazole rings is 1. The molecule has 0 aliphatic heterocycles. The van der Waals surface area contributed by atoms with Crippen LogP contribution >= 0.6 is 0 Å². The first-order valence-electron chi connectivity index (χ1n) is 5.57. The predicted molar refractivity (Wildman–Crippen MR) is 69.4 cm³/mol. The molecule has 0 bridgehead atoms. The van der Waals surface area contributed by atoms with Gasteiger partial charge in [0.1, 0.15) is 23.5 Å². The summed E-state index contributed by atoms with van der Waals surface area (Å²) in [5, 5.41) is 0. The Morgan fingerprint density at radius 2 is 2.16 bits per heavy atom. The molecule has 0 atom stereocenters. The van der Waals surface area contributed by atoms with E-state index in [1.807, 2.05) is 0 Å². The van der Waals surface area contributed by atoms with Gasteiger partial charge in [-0.25, -0.2) is 4.98 Å². The summed E-state index contributed by atoms with van der Waals surface area (Å²) in [5.41, 5.74) is 1.05. The average Bonchev–Trinajstić information content (AvgIpc) is 2.97. The summed E-state index contributed by atoms with van der Waals surface area (Å²) in [4.78, 5) is 15.9. The maximum absolute atomic E-state index is 12.1. The van der Waals surface area contributed by atoms with Crippen LogP contribution in [-0.2, 0) is 0 Å². The minimum atomic E-state index is -0.178. The Labute approximate surface area is 110 Å². The van der Waals surface area contributed by atoms with E-state index in [0.717, 1.165) is 0 Å². The lowest BCUT2D eigenvalue weighted by atomic mass is 10.1. The monoisotopic (exact) mass is 259 g/mol. The Morgan fingerprint density at radius 3 is 2.79 bits per heavy atom. The fourth-order valence-corrected chi connectivity index (χ4v) is 1.56. The molecule has 1 aromatic heterocycles. The van der Waals surface area contributed by atoms with Crippen molar-refractivity contribution in [2.24, 2.45) is 0 Å².